The number of hydrogen-bond donors (Lipinski definition) is 1. The Labute approximate surface area is 204 Å². The Morgan fingerprint density at radius 2 is 1.88 bits per heavy atom. The number of ether oxygens (including phenoxy) is 2. The average molecular weight is 537 g/mol. The molecule has 0 aliphatic heterocycles. The minimum atomic E-state index is -0.495. The van der Waals surface area contributed by atoms with Crippen LogP contribution in [0.5, 0.6) is 5.75 Å². The first-order valence-electron chi connectivity index (χ1n) is 10.1. The quantitative estimate of drug-likeness (QED) is 0.311. The molecule has 0 aliphatic carbocycles. The Morgan fingerprint density at radius 3 is 2.53 bits per heavy atom. The number of esters is 1. The van der Waals surface area contributed by atoms with Crippen molar-refractivity contribution in [2.75, 3.05) is 18.5 Å². The smallest absolute Gasteiger partial charge is 0.341 e. The second-order valence-electron chi connectivity index (χ2n) is 7.25. The Morgan fingerprint density at radius 1 is 1.16 bits per heavy atom. The summed E-state index contributed by atoms with van der Waals surface area (Å²) in [5, 5.41) is 5.63. The molecule has 168 valence electrons. The maximum absolute atomic E-state index is 12.7. The number of hydrogen-bond acceptors (Lipinski definition) is 5. The number of benzene rings is 2. The molecule has 1 aromatic heterocycles. The van der Waals surface area contributed by atoms with Gasteiger partial charge in [-0.25, -0.2) is 4.79 Å². The van der Waals surface area contributed by atoms with Gasteiger partial charge in [-0.2, -0.15) is 0 Å². The van der Waals surface area contributed by atoms with Crippen LogP contribution in [-0.4, -0.2) is 25.1 Å². The normalized spacial score (nSPS) is 10.8. The average Bonchev–Trinajstić information content (AvgIpc) is 3.17. The molecule has 32 heavy (non-hydrogen) atoms. The molecule has 0 saturated carbocycles. The summed E-state index contributed by atoms with van der Waals surface area (Å²) in [4.78, 5) is 25.3. The van der Waals surface area contributed by atoms with Crippen LogP contribution < -0.4 is 10.1 Å². The van der Waals surface area contributed by atoms with E-state index in [9.17, 15) is 9.59 Å². The Balaban J connectivity index is 1.80. The summed E-state index contributed by atoms with van der Waals surface area (Å²) in [7, 11) is 0. The van der Waals surface area contributed by atoms with Crippen LogP contribution in [0.15, 0.2) is 52.3 Å². The van der Waals surface area contributed by atoms with Gasteiger partial charge in [0.2, 0.25) is 0 Å². The lowest BCUT2D eigenvalue weighted by molar-refractivity contribution is -0.118. The second kappa shape index (κ2) is 11.0. The van der Waals surface area contributed by atoms with Crippen molar-refractivity contribution in [2.45, 2.75) is 26.7 Å². The largest absolute Gasteiger partial charge is 0.483 e. The number of anilines is 1. The lowest BCUT2D eigenvalue weighted by atomic mass is 10.0. The second-order valence-corrected chi connectivity index (χ2v) is 9.49. The van der Waals surface area contributed by atoms with Crippen molar-refractivity contribution in [2.24, 2.45) is 0 Å². The summed E-state index contributed by atoms with van der Waals surface area (Å²) < 4.78 is 12.0. The van der Waals surface area contributed by atoms with Crippen LogP contribution in [0.3, 0.4) is 0 Å². The summed E-state index contributed by atoms with van der Waals surface area (Å²) in [6, 6.07) is 12.8. The van der Waals surface area contributed by atoms with Crippen molar-refractivity contribution in [3.05, 3.63) is 68.5 Å². The summed E-state index contributed by atoms with van der Waals surface area (Å²) in [6.45, 7) is 5.90. The number of rotatable bonds is 8. The molecule has 5 nitrogen and oxygen atoms in total. The lowest BCUT2D eigenvalue weighted by Gasteiger charge is -2.14. The van der Waals surface area contributed by atoms with Crippen LogP contribution in [-0.2, 0) is 9.53 Å². The molecule has 0 aliphatic rings. The van der Waals surface area contributed by atoms with Gasteiger partial charge in [0.05, 0.1) is 6.61 Å². The van der Waals surface area contributed by atoms with E-state index in [2.05, 4.69) is 35.1 Å². The fourth-order valence-electron chi connectivity index (χ4n) is 3.11. The number of carbonyl (C=O) groups is 2. The summed E-state index contributed by atoms with van der Waals surface area (Å²) in [5.74, 6) is 0.0276. The van der Waals surface area contributed by atoms with E-state index in [4.69, 9.17) is 21.1 Å². The Bertz CT molecular complexity index is 1110. The minimum absolute atomic E-state index is 0.183. The van der Waals surface area contributed by atoms with Crippen LogP contribution in [0.2, 0.25) is 5.02 Å². The van der Waals surface area contributed by atoms with E-state index in [0.717, 1.165) is 15.6 Å². The zero-order valence-electron chi connectivity index (χ0n) is 17.9. The van der Waals surface area contributed by atoms with Crippen LogP contribution in [0.25, 0.3) is 11.1 Å². The molecule has 0 atom stereocenters. The monoisotopic (exact) mass is 535 g/mol. The van der Waals surface area contributed by atoms with E-state index in [-0.39, 0.29) is 25.0 Å². The molecule has 0 saturated heterocycles. The van der Waals surface area contributed by atoms with Crippen molar-refractivity contribution in [1.29, 1.82) is 0 Å². The number of halogens is 2. The third kappa shape index (κ3) is 5.91. The van der Waals surface area contributed by atoms with Crippen molar-refractivity contribution >= 4 is 55.7 Å². The van der Waals surface area contributed by atoms with Crippen molar-refractivity contribution in [3.63, 3.8) is 0 Å². The molecular formula is C24H23BrClNO4S. The molecule has 1 N–H and O–H groups in total. The van der Waals surface area contributed by atoms with Crippen molar-refractivity contribution < 1.29 is 19.1 Å². The van der Waals surface area contributed by atoms with E-state index in [0.29, 0.717) is 26.9 Å². The predicted octanol–water partition coefficient (Wildman–Crippen LogP) is 7.15. The SMILES string of the molecule is CCOC(=O)c1c(-c2ccc(Cl)cc2)csc1NC(=O)COc1ccc(Br)cc1C(C)C. The molecule has 3 rings (SSSR count). The summed E-state index contributed by atoms with van der Waals surface area (Å²) >= 11 is 10.7. The first kappa shape index (κ1) is 24.3. The van der Waals surface area contributed by atoms with Crippen molar-refractivity contribution in [1.82, 2.24) is 0 Å². The van der Waals surface area contributed by atoms with Crippen LogP contribution >= 0.6 is 38.9 Å². The zero-order chi connectivity index (χ0) is 23.3. The third-order valence-electron chi connectivity index (χ3n) is 4.63. The van der Waals surface area contributed by atoms with E-state index in [1.54, 1.807) is 19.1 Å². The fraction of sp³-hybridized carbons (Fsp3) is 0.250. The van der Waals surface area contributed by atoms with Gasteiger partial charge in [-0.3, -0.25) is 4.79 Å². The van der Waals surface area contributed by atoms with Gasteiger partial charge >= 0.3 is 5.97 Å². The van der Waals surface area contributed by atoms with Gasteiger partial charge < -0.3 is 14.8 Å². The summed E-state index contributed by atoms with van der Waals surface area (Å²) in [5.41, 5.74) is 2.80. The maximum atomic E-state index is 12.7. The highest BCUT2D eigenvalue weighted by atomic mass is 79.9. The Hall–Kier alpha value is -2.35. The van der Waals surface area contributed by atoms with Crippen LogP contribution in [0, 0.1) is 0 Å². The highest BCUT2D eigenvalue weighted by molar-refractivity contribution is 9.10. The van der Waals surface area contributed by atoms with E-state index >= 15 is 0 Å². The number of thiophene rings is 1. The molecule has 0 unspecified atom stereocenters. The molecule has 3 aromatic rings. The van der Waals surface area contributed by atoms with Gasteiger partial charge in [0, 0.05) is 20.4 Å². The topological polar surface area (TPSA) is 64.6 Å². The van der Waals surface area contributed by atoms with Crippen LogP contribution in [0.1, 0.15) is 42.6 Å². The van der Waals surface area contributed by atoms with Gasteiger partial charge in [-0.15, -0.1) is 11.3 Å². The van der Waals surface area contributed by atoms with E-state index < -0.39 is 5.97 Å². The molecule has 1 heterocycles. The molecular weight excluding hydrogens is 514 g/mol. The summed E-state index contributed by atoms with van der Waals surface area (Å²) in [6.07, 6.45) is 0. The maximum Gasteiger partial charge on any atom is 0.341 e. The molecule has 0 spiro atoms. The molecule has 8 heteroatoms. The number of amides is 1. The Kier molecular flexibility index (Phi) is 8.34. The first-order chi connectivity index (χ1) is 15.3. The van der Waals surface area contributed by atoms with Crippen molar-refractivity contribution in [3.8, 4) is 16.9 Å². The standard InChI is InChI=1S/C24H23BrClNO4S/c1-4-30-24(29)22-19(15-5-8-17(26)9-6-15)13-32-23(22)27-21(28)12-31-20-10-7-16(25)11-18(20)14(2)3/h5-11,13-14H,4,12H2,1-3H3,(H,27,28). The van der Waals surface area contributed by atoms with Gasteiger partial charge in [-0.05, 0) is 54.3 Å². The molecule has 0 bridgehead atoms. The van der Waals surface area contributed by atoms with Gasteiger partial charge in [0.15, 0.2) is 6.61 Å². The molecule has 2 aromatic carbocycles. The lowest BCUT2D eigenvalue weighted by Crippen LogP contribution is -2.21. The fourth-order valence-corrected chi connectivity index (χ4v) is 4.58. The van der Waals surface area contributed by atoms with Gasteiger partial charge in [-0.1, -0.05) is 53.5 Å². The van der Waals surface area contributed by atoms with E-state index in [1.165, 1.54) is 11.3 Å². The predicted molar refractivity (Wildman–Crippen MR) is 133 cm³/mol. The number of nitrogens with one attached hydrogen (secondary N) is 1. The van der Waals surface area contributed by atoms with E-state index in [1.807, 2.05) is 35.7 Å². The van der Waals surface area contributed by atoms with Crippen LogP contribution in [0.4, 0.5) is 5.00 Å². The zero-order valence-corrected chi connectivity index (χ0v) is 21.1. The minimum Gasteiger partial charge on any atom is -0.483 e. The van der Waals surface area contributed by atoms with Gasteiger partial charge in [0.1, 0.15) is 16.3 Å². The molecule has 0 radical (unpaired) electrons. The number of carbonyl (C=O) groups excluding carboxylic acids is 2. The first-order valence-corrected chi connectivity index (χ1v) is 12.1. The highest BCUT2D eigenvalue weighted by Crippen LogP contribution is 2.37. The molecule has 1 amide bonds. The van der Waals surface area contributed by atoms with Gasteiger partial charge in [0.25, 0.3) is 5.91 Å². The molecule has 0 fully saturated rings. The highest BCUT2D eigenvalue weighted by Gasteiger charge is 2.23. The third-order valence-corrected chi connectivity index (χ3v) is 6.27.